The fraction of sp³-hybridized carbons (Fsp3) is 0.308. The summed E-state index contributed by atoms with van der Waals surface area (Å²) in [6, 6.07) is 7.22. The van der Waals surface area contributed by atoms with Gasteiger partial charge in [0.1, 0.15) is 4.90 Å². The normalized spacial score (nSPS) is 16.7. The molecule has 0 saturated carbocycles. The summed E-state index contributed by atoms with van der Waals surface area (Å²) in [5, 5.41) is 0.902. The summed E-state index contributed by atoms with van der Waals surface area (Å²) < 4.78 is 26.4. The van der Waals surface area contributed by atoms with Gasteiger partial charge in [0, 0.05) is 24.7 Å². The zero-order valence-corrected chi connectivity index (χ0v) is 10.9. The van der Waals surface area contributed by atoms with Gasteiger partial charge in [-0.2, -0.15) is 4.31 Å². The number of para-hydroxylation sites is 1. The minimum Gasteiger partial charge on any atom is -0.255 e. The van der Waals surface area contributed by atoms with Crippen molar-refractivity contribution in [3.63, 3.8) is 0 Å². The van der Waals surface area contributed by atoms with Crippen molar-refractivity contribution in [1.29, 1.82) is 0 Å². The number of nitrogens with zero attached hydrogens (tertiary/aromatic N) is 2. The molecule has 0 bridgehead atoms. The van der Waals surface area contributed by atoms with Crippen LogP contribution in [-0.4, -0.2) is 30.8 Å². The Morgan fingerprint density at radius 2 is 2.00 bits per heavy atom. The van der Waals surface area contributed by atoms with E-state index in [4.69, 9.17) is 0 Å². The highest BCUT2D eigenvalue weighted by Crippen LogP contribution is 2.27. The molecule has 1 aliphatic rings. The van der Waals surface area contributed by atoms with E-state index in [2.05, 4.69) is 4.98 Å². The highest BCUT2D eigenvalue weighted by Gasteiger charge is 2.30. The zero-order valence-electron chi connectivity index (χ0n) is 10.1. The van der Waals surface area contributed by atoms with Crippen LogP contribution in [0.3, 0.4) is 0 Å². The Bertz CT molecular complexity index is 706. The van der Waals surface area contributed by atoms with Crippen LogP contribution in [0.25, 0.3) is 10.9 Å². The van der Waals surface area contributed by atoms with E-state index in [-0.39, 0.29) is 0 Å². The van der Waals surface area contributed by atoms with Crippen LogP contribution in [0.5, 0.6) is 0 Å². The van der Waals surface area contributed by atoms with Crippen molar-refractivity contribution in [3.8, 4) is 0 Å². The van der Waals surface area contributed by atoms with Crippen LogP contribution in [-0.2, 0) is 10.0 Å². The molecular weight excluding hydrogens is 248 g/mol. The van der Waals surface area contributed by atoms with Gasteiger partial charge in [-0.05, 0) is 31.0 Å². The van der Waals surface area contributed by atoms with Gasteiger partial charge in [-0.3, -0.25) is 4.98 Å². The van der Waals surface area contributed by atoms with Crippen molar-refractivity contribution in [2.45, 2.75) is 18.2 Å². The van der Waals surface area contributed by atoms with Crippen LogP contribution >= 0.6 is 0 Å². The summed E-state index contributed by atoms with van der Waals surface area (Å²) >= 11 is 0. The molecule has 0 atom stereocenters. The molecule has 0 radical (unpaired) electrons. The molecule has 5 heteroatoms. The van der Waals surface area contributed by atoms with Gasteiger partial charge in [0.2, 0.25) is 10.0 Å². The Morgan fingerprint density at radius 1 is 1.22 bits per heavy atom. The molecule has 0 amide bonds. The van der Waals surface area contributed by atoms with E-state index in [1.165, 1.54) is 4.31 Å². The number of hydrogen-bond donors (Lipinski definition) is 0. The number of fused-ring (bicyclic) bond motifs is 1. The molecule has 0 unspecified atom stereocenters. The molecule has 1 aromatic heterocycles. The standard InChI is InChI=1S/C13H14N2O2S/c1-10-6-7-14-13-11(10)4-2-5-12(13)18(16,17)15-8-3-9-15/h2,4-7H,3,8-9H2,1H3. The van der Waals surface area contributed by atoms with Crippen molar-refractivity contribution >= 4 is 20.9 Å². The van der Waals surface area contributed by atoms with Crippen LogP contribution in [0.15, 0.2) is 35.4 Å². The number of aromatic nitrogens is 1. The monoisotopic (exact) mass is 262 g/mol. The van der Waals surface area contributed by atoms with Gasteiger partial charge in [0.15, 0.2) is 0 Å². The van der Waals surface area contributed by atoms with Gasteiger partial charge in [-0.1, -0.05) is 12.1 Å². The average molecular weight is 262 g/mol. The van der Waals surface area contributed by atoms with E-state index in [1.54, 1.807) is 18.3 Å². The third-order valence-corrected chi connectivity index (χ3v) is 5.32. The molecule has 2 aromatic rings. The number of hydrogen-bond acceptors (Lipinski definition) is 3. The average Bonchev–Trinajstić information content (AvgIpc) is 2.26. The molecule has 3 rings (SSSR count). The van der Waals surface area contributed by atoms with Crippen LogP contribution < -0.4 is 0 Å². The van der Waals surface area contributed by atoms with Gasteiger partial charge in [0.05, 0.1) is 5.52 Å². The first kappa shape index (κ1) is 11.6. The van der Waals surface area contributed by atoms with Crippen LogP contribution in [0, 0.1) is 6.92 Å². The predicted octanol–water partition coefficient (Wildman–Crippen LogP) is 1.94. The topological polar surface area (TPSA) is 50.3 Å². The second-order valence-electron chi connectivity index (χ2n) is 4.54. The van der Waals surface area contributed by atoms with E-state index in [1.807, 2.05) is 19.1 Å². The van der Waals surface area contributed by atoms with E-state index in [9.17, 15) is 8.42 Å². The van der Waals surface area contributed by atoms with Crippen molar-refractivity contribution in [2.75, 3.05) is 13.1 Å². The third-order valence-electron chi connectivity index (χ3n) is 3.38. The Hall–Kier alpha value is -1.46. The van der Waals surface area contributed by atoms with Gasteiger partial charge >= 0.3 is 0 Å². The molecule has 2 heterocycles. The molecule has 1 aromatic carbocycles. The van der Waals surface area contributed by atoms with Gasteiger partial charge in [0.25, 0.3) is 0 Å². The number of aryl methyl sites for hydroxylation is 1. The smallest absolute Gasteiger partial charge is 0.245 e. The van der Waals surface area contributed by atoms with E-state index < -0.39 is 10.0 Å². The Morgan fingerprint density at radius 3 is 2.67 bits per heavy atom. The summed E-state index contributed by atoms with van der Waals surface area (Å²) in [5.74, 6) is 0. The molecule has 4 nitrogen and oxygen atoms in total. The van der Waals surface area contributed by atoms with Gasteiger partial charge in [-0.25, -0.2) is 8.42 Å². The molecule has 1 fully saturated rings. The first-order chi connectivity index (χ1) is 8.60. The highest BCUT2D eigenvalue weighted by atomic mass is 32.2. The lowest BCUT2D eigenvalue weighted by molar-refractivity contribution is 0.309. The lowest BCUT2D eigenvalue weighted by Crippen LogP contribution is -2.42. The largest absolute Gasteiger partial charge is 0.255 e. The second kappa shape index (κ2) is 4.03. The maximum atomic E-state index is 12.4. The van der Waals surface area contributed by atoms with E-state index in [0.717, 1.165) is 17.4 Å². The molecule has 1 aliphatic heterocycles. The summed E-state index contributed by atoms with van der Waals surface area (Å²) in [4.78, 5) is 4.57. The van der Waals surface area contributed by atoms with Gasteiger partial charge < -0.3 is 0 Å². The first-order valence-corrected chi connectivity index (χ1v) is 7.39. The number of pyridine rings is 1. The lowest BCUT2D eigenvalue weighted by atomic mass is 10.1. The lowest BCUT2D eigenvalue weighted by Gasteiger charge is -2.29. The van der Waals surface area contributed by atoms with Gasteiger partial charge in [-0.15, -0.1) is 0 Å². The highest BCUT2D eigenvalue weighted by molar-refractivity contribution is 7.89. The molecule has 0 spiro atoms. The molecule has 94 valence electrons. The van der Waals surface area contributed by atoms with Crippen molar-refractivity contribution in [2.24, 2.45) is 0 Å². The summed E-state index contributed by atoms with van der Waals surface area (Å²) in [5.41, 5.74) is 1.62. The Labute approximate surface area is 106 Å². The zero-order chi connectivity index (χ0) is 12.8. The number of sulfonamides is 1. The summed E-state index contributed by atoms with van der Waals surface area (Å²) in [7, 11) is -3.37. The minimum atomic E-state index is -3.37. The van der Waals surface area contributed by atoms with Crippen LogP contribution in [0.2, 0.25) is 0 Å². The molecule has 18 heavy (non-hydrogen) atoms. The van der Waals surface area contributed by atoms with E-state index in [0.29, 0.717) is 23.5 Å². The number of benzene rings is 1. The maximum Gasteiger partial charge on any atom is 0.245 e. The first-order valence-electron chi connectivity index (χ1n) is 5.95. The molecule has 1 saturated heterocycles. The third kappa shape index (κ3) is 1.62. The fourth-order valence-corrected chi connectivity index (χ4v) is 3.84. The molecule has 0 N–H and O–H groups in total. The van der Waals surface area contributed by atoms with E-state index >= 15 is 0 Å². The van der Waals surface area contributed by atoms with Crippen molar-refractivity contribution < 1.29 is 8.42 Å². The van der Waals surface area contributed by atoms with Crippen LogP contribution in [0.1, 0.15) is 12.0 Å². The van der Waals surface area contributed by atoms with Crippen LogP contribution in [0.4, 0.5) is 0 Å². The maximum absolute atomic E-state index is 12.4. The minimum absolute atomic E-state index is 0.323. The molecule has 0 aliphatic carbocycles. The fourth-order valence-electron chi connectivity index (χ4n) is 2.16. The van der Waals surface area contributed by atoms with Crippen molar-refractivity contribution in [1.82, 2.24) is 9.29 Å². The SMILES string of the molecule is Cc1ccnc2c(S(=O)(=O)N3CCC3)cccc12. The Kier molecular flexibility index (Phi) is 2.60. The predicted molar refractivity (Wildman–Crippen MR) is 69.9 cm³/mol. The quantitative estimate of drug-likeness (QED) is 0.831. The second-order valence-corrected chi connectivity index (χ2v) is 6.44. The van der Waals surface area contributed by atoms with Crippen molar-refractivity contribution in [3.05, 3.63) is 36.0 Å². The summed E-state index contributed by atoms with van der Waals surface area (Å²) in [6.07, 6.45) is 2.60. The Balaban J connectivity index is 2.27. The molecular formula is C13H14N2O2S. The number of rotatable bonds is 2. The summed E-state index contributed by atoms with van der Waals surface area (Å²) in [6.45, 7) is 3.19.